The van der Waals surface area contributed by atoms with Crippen molar-refractivity contribution in [2.24, 2.45) is 15.9 Å². The van der Waals surface area contributed by atoms with E-state index in [1.807, 2.05) is 12.3 Å². The van der Waals surface area contributed by atoms with Crippen LogP contribution in [0.25, 0.3) is 0 Å². The Morgan fingerprint density at radius 3 is 2.54 bits per heavy atom. The highest BCUT2D eigenvalue weighted by atomic mass is 16.7. The Morgan fingerprint density at radius 1 is 1.15 bits per heavy atom. The maximum atomic E-state index is 6.22. The van der Waals surface area contributed by atoms with Crippen molar-refractivity contribution in [1.82, 2.24) is 0 Å². The Kier molecular flexibility index (Phi) is 3.90. The second-order valence-corrected chi connectivity index (χ2v) is 8.38. The van der Waals surface area contributed by atoms with E-state index in [1.165, 1.54) is 0 Å². The lowest BCUT2D eigenvalue weighted by atomic mass is 9.76. The van der Waals surface area contributed by atoms with Crippen molar-refractivity contribution in [3.8, 4) is 0 Å². The van der Waals surface area contributed by atoms with Crippen LogP contribution in [0.15, 0.2) is 39.6 Å². The summed E-state index contributed by atoms with van der Waals surface area (Å²) < 4.78 is 12.4. The van der Waals surface area contributed by atoms with E-state index in [9.17, 15) is 0 Å². The number of amidine groups is 1. The van der Waals surface area contributed by atoms with Gasteiger partial charge in [0.2, 0.25) is 0 Å². The fourth-order valence-corrected chi connectivity index (χ4v) is 3.41. The summed E-state index contributed by atoms with van der Waals surface area (Å²) in [6.07, 6.45) is 2.94. The van der Waals surface area contributed by atoms with E-state index in [2.05, 4.69) is 69.0 Å². The Labute approximate surface area is 155 Å². The molecule has 0 amide bonds. The van der Waals surface area contributed by atoms with Crippen molar-refractivity contribution < 1.29 is 9.31 Å². The summed E-state index contributed by atoms with van der Waals surface area (Å²) in [5, 5.41) is 3.44. The van der Waals surface area contributed by atoms with Crippen molar-refractivity contribution >= 4 is 30.3 Å². The number of hydrogen-bond donors (Lipinski definition) is 1. The predicted molar refractivity (Wildman–Crippen MR) is 107 cm³/mol. The minimum Gasteiger partial charge on any atom is -0.399 e. The van der Waals surface area contributed by atoms with E-state index >= 15 is 0 Å². The zero-order valence-electron chi connectivity index (χ0n) is 16.4. The zero-order valence-corrected chi connectivity index (χ0v) is 16.4. The van der Waals surface area contributed by atoms with Gasteiger partial charge in [-0.15, -0.1) is 0 Å². The number of anilines is 1. The molecule has 3 heterocycles. The minimum atomic E-state index is -0.368. The molecule has 5 nitrogen and oxygen atoms in total. The van der Waals surface area contributed by atoms with Crippen molar-refractivity contribution in [1.29, 1.82) is 0 Å². The first kappa shape index (κ1) is 17.5. The molecule has 3 aliphatic heterocycles. The lowest BCUT2D eigenvalue weighted by molar-refractivity contribution is 0.00578. The number of allylic oxidation sites excluding steroid dienone is 1. The normalized spacial score (nSPS) is 25.7. The lowest BCUT2D eigenvalue weighted by Gasteiger charge is -2.32. The molecule has 1 aromatic rings. The topological polar surface area (TPSA) is 55.2 Å². The van der Waals surface area contributed by atoms with Gasteiger partial charge >= 0.3 is 7.12 Å². The van der Waals surface area contributed by atoms with Gasteiger partial charge in [-0.25, -0.2) is 4.99 Å². The van der Waals surface area contributed by atoms with Crippen molar-refractivity contribution in [2.45, 2.75) is 59.2 Å². The highest BCUT2D eigenvalue weighted by Gasteiger charge is 2.52. The number of benzene rings is 1. The monoisotopic (exact) mass is 351 g/mol. The largest absolute Gasteiger partial charge is 0.495 e. The van der Waals surface area contributed by atoms with Gasteiger partial charge in [0.25, 0.3) is 0 Å². The first-order valence-electron chi connectivity index (χ1n) is 9.27. The maximum Gasteiger partial charge on any atom is 0.495 e. The fraction of sp³-hybridized carbons (Fsp3) is 0.500. The number of rotatable bonds is 2. The summed E-state index contributed by atoms with van der Waals surface area (Å²) in [6, 6.07) is 6.15. The third-order valence-corrected chi connectivity index (χ3v) is 5.98. The molecule has 0 bridgehead atoms. The SMILES string of the molecule is Cc1c(NC2=NC3=C2N=CC[C@@H]3C)cccc1B1OC(C)(C)C(C)(C)O1. The van der Waals surface area contributed by atoms with Crippen LogP contribution in [0, 0.1) is 12.8 Å². The van der Waals surface area contributed by atoms with Gasteiger partial charge in [-0.05, 0) is 58.1 Å². The van der Waals surface area contributed by atoms with Gasteiger partial charge in [-0.2, -0.15) is 0 Å². The Bertz CT molecular complexity index is 839. The minimum absolute atomic E-state index is 0.349. The molecule has 0 unspecified atom stereocenters. The van der Waals surface area contributed by atoms with Crippen LogP contribution >= 0.6 is 0 Å². The van der Waals surface area contributed by atoms with E-state index in [0.717, 1.165) is 40.4 Å². The predicted octanol–water partition coefficient (Wildman–Crippen LogP) is 3.44. The van der Waals surface area contributed by atoms with Gasteiger partial charge in [0.15, 0.2) is 5.84 Å². The molecule has 0 aliphatic carbocycles. The average Bonchev–Trinajstić information content (AvgIpc) is 2.76. The van der Waals surface area contributed by atoms with Crippen LogP contribution in [0.2, 0.25) is 0 Å². The van der Waals surface area contributed by atoms with Gasteiger partial charge in [0.05, 0.1) is 16.9 Å². The van der Waals surface area contributed by atoms with Gasteiger partial charge in [0, 0.05) is 17.8 Å². The molecule has 1 atom stereocenters. The van der Waals surface area contributed by atoms with Crippen LogP contribution < -0.4 is 10.8 Å². The van der Waals surface area contributed by atoms with E-state index in [4.69, 9.17) is 9.31 Å². The third kappa shape index (κ3) is 2.63. The van der Waals surface area contributed by atoms with Crippen LogP contribution in [-0.4, -0.2) is 30.4 Å². The molecule has 0 spiro atoms. The van der Waals surface area contributed by atoms with Crippen LogP contribution in [0.4, 0.5) is 5.69 Å². The summed E-state index contributed by atoms with van der Waals surface area (Å²) in [4.78, 5) is 9.15. The highest BCUT2D eigenvalue weighted by Crippen LogP contribution is 2.37. The van der Waals surface area contributed by atoms with Crippen molar-refractivity contribution in [3.05, 3.63) is 35.2 Å². The molecule has 0 radical (unpaired) electrons. The molecule has 1 aromatic carbocycles. The molecular formula is C20H26BN3O2. The van der Waals surface area contributed by atoms with E-state index in [0.29, 0.717) is 5.92 Å². The summed E-state index contributed by atoms with van der Waals surface area (Å²) in [5.74, 6) is 1.29. The quantitative estimate of drug-likeness (QED) is 0.831. The van der Waals surface area contributed by atoms with Crippen LogP contribution in [-0.2, 0) is 9.31 Å². The first-order valence-corrected chi connectivity index (χ1v) is 9.27. The number of hydrogen-bond acceptors (Lipinski definition) is 5. The van der Waals surface area contributed by atoms with Gasteiger partial charge in [-0.3, -0.25) is 4.99 Å². The van der Waals surface area contributed by atoms with Gasteiger partial charge in [-0.1, -0.05) is 19.1 Å². The molecule has 1 N–H and O–H groups in total. The van der Waals surface area contributed by atoms with E-state index in [-0.39, 0.29) is 18.3 Å². The second-order valence-electron chi connectivity index (χ2n) is 8.38. The van der Waals surface area contributed by atoms with Gasteiger partial charge in [0.1, 0.15) is 5.70 Å². The van der Waals surface area contributed by atoms with Crippen LogP contribution in [0.1, 0.15) is 46.6 Å². The highest BCUT2D eigenvalue weighted by molar-refractivity contribution is 6.62. The molecule has 3 aliphatic rings. The molecule has 1 fully saturated rings. The average molecular weight is 351 g/mol. The zero-order chi connectivity index (χ0) is 18.7. The Hall–Kier alpha value is -1.92. The van der Waals surface area contributed by atoms with Crippen molar-refractivity contribution in [3.63, 3.8) is 0 Å². The van der Waals surface area contributed by atoms with Crippen LogP contribution in [0.5, 0.6) is 0 Å². The number of aliphatic imine (C=N–C) groups is 2. The number of nitrogens with zero attached hydrogens (tertiary/aromatic N) is 2. The summed E-state index contributed by atoms with van der Waals surface area (Å²) in [6.45, 7) is 12.6. The van der Waals surface area contributed by atoms with Crippen molar-refractivity contribution in [2.75, 3.05) is 5.32 Å². The smallest absolute Gasteiger partial charge is 0.399 e. The Morgan fingerprint density at radius 2 is 1.85 bits per heavy atom. The third-order valence-electron chi connectivity index (χ3n) is 5.98. The molecule has 1 saturated heterocycles. The second kappa shape index (κ2) is 5.79. The Balaban J connectivity index is 1.57. The molecule has 0 saturated carbocycles. The molecule has 4 rings (SSSR count). The summed E-state index contributed by atoms with van der Waals surface area (Å²) >= 11 is 0. The fourth-order valence-electron chi connectivity index (χ4n) is 3.41. The molecule has 136 valence electrons. The standard InChI is InChI=1S/C20H26BN3O2/c1-12-10-11-22-17-16(12)24-18(17)23-15-9-7-8-14(13(15)2)21-25-19(3,4)20(5,6)26-21/h7-9,11-12H,10H2,1-6H3,(H,23,24)/t12-/m0/s1. The molecular weight excluding hydrogens is 325 g/mol. The molecule has 6 heteroatoms. The maximum absolute atomic E-state index is 6.22. The number of nitrogens with one attached hydrogen (secondary N) is 1. The molecule has 0 aromatic heterocycles. The van der Waals surface area contributed by atoms with E-state index in [1.54, 1.807) is 0 Å². The lowest BCUT2D eigenvalue weighted by Crippen LogP contribution is -2.41. The first-order chi connectivity index (χ1) is 12.2. The van der Waals surface area contributed by atoms with E-state index < -0.39 is 0 Å². The van der Waals surface area contributed by atoms with Gasteiger partial charge < -0.3 is 14.6 Å². The summed E-state index contributed by atoms with van der Waals surface area (Å²) in [7, 11) is -0.368. The van der Waals surface area contributed by atoms with Crippen LogP contribution in [0.3, 0.4) is 0 Å². The molecule has 26 heavy (non-hydrogen) atoms. The summed E-state index contributed by atoms with van der Waals surface area (Å²) in [5.41, 5.74) is 4.56.